The van der Waals surface area contributed by atoms with E-state index in [0.29, 0.717) is 11.5 Å². The summed E-state index contributed by atoms with van der Waals surface area (Å²) in [5, 5.41) is 0.118. The number of benzene rings is 2. The van der Waals surface area contributed by atoms with Crippen LogP contribution in [0.15, 0.2) is 36.4 Å². The van der Waals surface area contributed by atoms with Crippen LogP contribution >= 0.6 is 11.6 Å². The van der Waals surface area contributed by atoms with Gasteiger partial charge in [0.05, 0.1) is 12.1 Å². The number of methoxy groups -OCH3 is 1. The Kier molecular flexibility index (Phi) is 6.01. The van der Waals surface area contributed by atoms with Crippen molar-refractivity contribution in [3.05, 3.63) is 52.8 Å². The number of rotatable bonds is 5. The standard InChI is InChI=1S/C22H26ClFO/c1-3-4-15-5-7-16(8-6-15)17-9-11-18(12-10-17)19-13-14-20(25-2)22(24)21(19)23/h9-16H,3-8H2,1-2H3. The van der Waals surface area contributed by atoms with Gasteiger partial charge in [0.2, 0.25) is 0 Å². The summed E-state index contributed by atoms with van der Waals surface area (Å²) in [5.41, 5.74) is 3.04. The molecule has 0 radical (unpaired) electrons. The molecule has 0 aromatic heterocycles. The lowest BCUT2D eigenvalue weighted by Gasteiger charge is -2.28. The predicted octanol–water partition coefficient (Wildman–Crippen LogP) is 7.23. The fourth-order valence-electron chi connectivity index (χ4n) is 4.04. The van der Waals surface area contributed by atoms with Crippen molar-refractivity contribution in [2.45, 2.75) is 51.4 Å². The highest BCUT2D eigenvalue weighted by atomic mass is 35.5. The Bertz CT molecular complexity index is 703. The summed E-state index contributed by atoms with van der Waals surface area (Å²) in [6.45, 7) is 2.28. The van der Waals surface area contributed by atoms with Crippen molar-refractivity contribution in [3.8, 4) is 16.9 Å². The van der Waals surface area contributed by atoms with Crippen LogP contribution in [0.5, 0.6) is 5.75 Å². The zero-order valence-corrected chi connectivity index (χ0v) is 15.8. The van der Waals surface area contributed by atoms with E-state index in [1.54, 1.807) is 6.07 Å². The highest BCUT2D eigenvalue weighted by molar-refractivity contribution is 6.33. The smallest absolute Gasteiger partial charge is 0.184 e. The van der Waals surface area contributed by atoms with Crippen LogP contribution < -0.4 is 4.74 Å². The van der Waals surface area contributed by atoms with Crippen LogP contribution in [0.3, 0.4) is 0 Å². The fourth-order valence-corrected chi connectivity index (χ4v) is 4.31. The lowest BCUT2D eigenvalue weighted by Crippen LogP contribution is -2.13. The zero-order valence-electron chi connectivity index (χ0n) is 15.0. The first kappa shape index (κ1) is 18.3. The summed E-state index contributed by atoms with van der Waals surface area (Å²) in [5.74, 6) is 1.25. The van der Waals surface area contributed by atoms with E-state index in [9.17, 15) is 4.39 Å². The minimum Gasteiger partial charge on any atom is -0.494 e. The summed E-state index contributed by atoms with van der Waals surface area (Å²) in [7, 11) is 1.44. The average Bonchev–Trinajstić information content (AvgIpc) is 2.65. The molecule has 2 aromatic carbocycles. The average molecular weight is 361 g/mol. The van der Waals surface area contributed by atoms with Crippen molar-refractivity contribution >= 4 is 11.6 Å². The molecule has 0 aliphatic heterocycles. The minimum absolute atomic E-state index is 0.118. The lowest BCUT2D eigenvalue weighted by molar-refractivity contribution is 0.308. The Hall–Kier alpha value is -1.54. The van der Waals surface area contributed by atoms with E-state index in [1.807, 2.05) is 6.07 Å². The molecule has 1 fully saturated rings. The van der Waals surface area contributed by atoms with Gasteiger partial charge >= 0.3 is 0 Å². The molecule has 1 nitrogen and oxygen atoms in total. The van der Waals surface area contributed by atoms with Gasteiger partial charge in [-0.2, -0.15) is 0 Å². The van der Waals surface area contributed by atoms with E-state index in [-0.39, 0.29) is 10.8 Å². The van der Waals surface area contributed by atoms with E-state index in [1.165, 1.54) is 51.2 Å². The molecule has 0 atom stereocenters. The van der Waals surface area contributed by atoms with Gasteiger partial charge < -0.3 is 4.74 Å². The van der Waals surface area contributed by atoms with Gasteiger partial charge in [-0.05, 0) is 60.8 Å². The Morgan fingerprint density at radius 3 is 2.32 bits per heavy atom. The Balaban J connectivity index is 1.74. The molecule has 0 unspecified atom stereocenters. The van der Waals surface area contributed by atoms with Gasteiger partial charge in [-0.3, -0.25) is 0 Å². The van der Waals surface area contributed by atoms with Gasteiger partial charge in [0, 0.05) is 5.56 Å². The van der Waals surface area contributed by atoms with E-state index in [0.717, 1.165) is 11.5 Å². The summed E-state index contributed by atoms with van der Waals surface area (Å²) < 4.78 is 19.1. The molecule has 0 heterocycles. The molecule has 134 valence electrons. The number of ether oxygens (including phenoxy) is 1. The number of hydrogen-bond donors (Lipinski definition) is 0. The summed E-state index contributed by atoms with van der Waals surface area (Å²) in [6.07, 6.45) is 7.91. The molecule has 2 aromatic rings. The van der Waals surface area contributed by atoms with Crippen molar-refractivity contribution in [1.29, 1.82) is 0 Å². The molecular weight excluding hydrogens is 335 g/mol. The van der Waals surface area contributed by atoms with Crippen LogP contribution in [-0.2, 0) is 0 Å². The number of hydrogen-bond acceptors (Lipinski definition) is 1. The van der Waals surface area contributed by atoms with Gasteiger partial charge in [-0.25, -0.2) is 4.39 Å². The highest BCUT2D eigenvalue weighted by Crippen LogP contribution is 2.39. The van der Waals surface area contributed by atoms with Crippen LogP contribution in [-0.4, -0.2) is 7.11 Å². The second kappa shape index (κ2) is 8.23. The Labute approximate surface area is 155 Å². The van der Waals surface area contributed by atoms with Crippen molar-refractivity contribution in [2.24, 2.45) is 5.92 Å². The normalized spacial score (nSPS) is 20.5. The summed E-state index contributed by atoms with van der Waals surface area (Å²) in [4.78, 5) is 0. The second-order valence-corrected chi connectivity index (χ2v) is 7.45. The second-order valence-electron chi connectivity index (χ2n) is 7.07. The lowest BCUT2D eigenvalue weighted by atomic mass is 9.77. The van der Waals surface area contributed by atoms with Gasteiger partial charge in [0.1, 0.15) is 0 Å². The van der Waals surface area contributed by atoms with Gasteiger partial charge in [-0.15, -0.1) is 0 Å². The Morgan fingerprint density at radius 1 is 1.04 bits per heavy atom. The molecule has 3 heteroatoms. The highest BCUT2D eigenvalue weighted by Gasteiger charge is 2.22. The quantitative estimate of drug-likeness (QED) is 0.546. The van der Waals surface area contributed by atoms with E-state index >= 15 is 0 Å². The first-order chi connectivity index (χ1) is 12.1. The SMILES string of the molecule is CCCC1CCC(c2ccc(-c3ccc(OC)c(F)c3Cl)cc2)CC1. The molecular formula is C22H26ClFO. The van der Waals surface area contributed by atoms with E-state index in [4.69, 9.17) is 16.3 Å². The molecule has 1 saturated carbocycles. The molecule has 1 aliphatic rings. The third kappa shape index (κ3) is 4.00. The molecule has 0 spiro atoms. The van der Waals surface area contributed by atoms with E-state index in [2.05, 4.69) is 31.2 Å². The van der Waals surface area contributed by atoms with Crippen LogP contribution in [0.2, 0.25) is 5.02 Å². The fraction of sp³-hybridized carbons (Fsp3) is 0.455. The third-order valence-corrected chi connectivity index (χ3v) is 5.87. The molecule has 25 heavy (non-hydrogen) atoms. The summed E-state index contributed by atoms with van der Waals surface area (Å²) in [6, 6.07) is 11.9. The largest absolute Gasteiger partial charge is 0.494 e. The monoisotopic (exact) mass is 360 g/mol. The molecule has 0 saturated heterocycles. The topological polar surface area (TPSA) is 9.23 Å². The van der Waals surface area contributed by atoms with Crippen LogP contribution in [0.4, 0.5) is 4.39 Å². The molecule has 0 amide bonds. The molecule has 1 aliphatic carbocycles. The van der Waals surface area contributed by atoms with Crippen molar-refractivity contribution in [1.82, 2.24) is 0 Å². The Morgan fingerprint density at radius 2 is 1.72 bits per heavy atom. The third-order valence-electron chi connectivity index (χ3n) is 5.50. The van der Waals surface area contributed by atoms with Gasteiger partial charge in [0.25, 0.3) is 0 Å². The van der Waals surface area contributed by atoms with Crippen LogP contribution in [0.25, 0.3) is 11.1 Å². The zero-order chi connectivity index (χ0) is 17.8. The van der Waals surface area contributed by atoms with Crippen molar-refractivity contribution in [2.75, 3.05) is 7.11 Å². The first-order valence-corrected chi connectivity index (χ1v) is 9.64. The van der Waals surface area contributed by atoms with E-state index < -0.39 is 5.82 Å². The maximum absolute atomic E-state index is 14.2. The number of halogens is 2. The predicted molar refractivity (Wildman–Crippen MR) is 103 cm³/mol. The van der Waals surface area contributed by atoms with Gasteiger partial charge in [-0.1, -0.05) is 55.6 Å². The maximum atomic E-state index is 14.2. The molecule has 3 rings (SSSR count). The van der Waals surface area contributed by atoms with Crippen LogP contribution in [0, 0.1) is 11.7 Å². The van der Waals surface area contributed by atoms with Crippen molar-refractivity contribution in [3.63, 3.8) is 0 Å². The molecule has 0 bridgehead atoms. The van der Waals surface area contributed by atoms with Gasteiger partial charge in [0.15, 0.2) is 11.6 Å². The first-order valence-electron chi connectivity index (χ1n) is 9.26. The minimum atomic E-state index is -0.500. The maximum Gasteiger partial charge on any atom is 0.184 e. The van der Waals surface area contributed by atoms with Crippen molar-refractivity contribution < 1.29 is 9.13 Å². The van der Waals surface area contributed by atoms with Crippen LogP contribution in [0.1, 0.15) is 56.9 Å². The molecule has 0 N–H and O–H groups in total. The summed E-state index contributed by atoms with van der Waals surface area (Å²) >= 11 is 6.19.